The average molecular weight is 567 g/mol. The van der Waals surface area contributed by atoms with E-state index >= 15 is 0 Å². The summed E-state index contributed by atoms with van der Waals surface area (Å²) in [5.41, 5.74) is -1.13. The van der Waals surface area contributed by atoms with Gasteiger partial charge in [0, 0.05) is 24.0 Å². The molecule has 10 nitrogen and oxygen atoms in total. The molecule has 1 aromatic carbocycles. The second kappa shape index (κ2) is 10.2. The monoisotopic (exact) mass is 567 g/mol. The third-order valence-electron chi connectivity index (χ3n) is 6.27. The first kappa shape index (κ1) is 27.0. The molecule has 0 bridgehead atoms. The highest BCUT2D eigenvalue weighted by Crippen LogP contribution is 2.59. The van der Waals surface area contributed by atoms with Gasteiger partial charge in [-0.1, -0.05) is 17.3 Å². The van der Waals surface area contributed by atoms with Gasteiger partial charge in [-0.2, -0.15) is 22.0 Å². The summed E-state index contributed by atoms with van der Waals surface area (Å²) in [6, 6.07) is 5.09. The van der Waals surface area contributed by atoms with Crippen LogP contribution in [0.2, 0.25) is 0 Å². The number of ether oxygens (including phenoxy) is 1. The van der Waals surface area contributed by atoms with E-state index in [0.29, 0.717) is 15.8 Å². The van der Waals surface area contributed by atoms with Gasteiger partial charge in [-0.15, -0.1) is 5.10 Å². The predicted molar refractivity (Wildman–Crippen MR) is 127 cm³/mol. The van der Waals surface area contributed by atoms with Crippen molar-refractivity contribution in [2.24, 2.45) is 0 Å². The molecule has 1 amide bonds. The summed E-state index contributed by atoms with van der Waals surface area (Å²) in [6.07, 6.45) is -1.38. The van der Waals surface area contributed by atoms with E-state index < -0.39 is 36.3 Å². The number of methoxy groups -OCH3 is 1. The number of aromatic nitrogens is 5. The SMILES string of the molecule is COc1nn(C(F)F)cc1Nc1ncc(-c2ccc(CC(=O)Nc3cc(C4(C(F)(F)F)CC4)on3)c(F)c2)cn1. The summed E-state index contributed by atoms with van der Waals surface area (Å²) < 4.78 is 90.4. The first-order chi connectivity index (χ1) is 19.0. The smallest absolute Gasteiger partial charge is 0.401 e. The highest BCUT2D eigenvalue weighted by Gasteiger charge is 2.66. The van der Waals surface area contributed by atoms with Gasteiger partial charge in [0.15, 0.2) is 11.6 Å². The molecule has 1 aliphatic rings. The van der Waals surface area contributed by atoms with Gasteiger partial charge >= 0.3 is 12.7 Å². The summed E-state index contributed by atoms with van der Waals surface area (Å²) in [4.78, 5) is 20.5. The van der Waals surface area contributed by atoms with Crippen LogP contribution in [-0.2, 0) is 16.6 Å². The van der Waals surface area contributed by atoms with E-state index in [1.165, 1.54) is 37.7 Å². The molecular weight excluding hydrogens is 548 g/mol. The molecule has 16 heteroatoms. The molecule has 3 heterocycles. The van der Waals surface area contributed by atoms with Crippen molar-refractivity contribution < 1.29 is 40.4 Å². The molecule has 0 radical (unpaired) electrons. The van der Waals surface area contributed by atoms with E-state index in [1.807, 2.05) is 0 Å². The lowest BCUT2D eigenvalue weighted by Gasteiger charge is -2.14. The van der Waals surface area contributed by atoms with E-state index in [2.05, 4.69) is 30.9 Å². The fourth-order valence-electron chi connectivity index (χ4n) is 3.96. The molecule has 0 saturated heterocycles. The van der Waals surface area contributed by atoms with E-state index in [1.54, 1.807) is 0 Å². The van der Waals surface area contributed by atoms with Crippen molar-refractivity contribution in [2.45, 2.75) is 37.4 Å². The number of carbonyl (C=O) groups excluding carboxylic acids is 1. The molecule has 0 spiro atoms. The summed E-state index contributed by atoms with van der Waals surface area (Å²) >= 11 is 0. The van der Waals surface area contributed by atoms with Gasteiger partial charge < -0.3 is 19.9 Å². The van der Waals surface area contributed by atoms with E-state index in [9.17, 15) is 31.1 Å². The van der Waals surface area contributed by atoms with Crippen molar-refractivity contribution in [3.05, 3.63) is 60.0 Å². The van der Waals surface area contributed by atoms with Gasteiger partial charge in [0.25, 0.3) is 5.88 Å². The van der Waals surface area contributed by atoms with Crippen LogP contribution in [0.15, 0.2) is 47.4 Å². The Balaban J connectivity index is 1.22. The zero-order valence-electron chi connectivity index (χ0n) is 20.5. The Morgan fingerprint density at radius 3 is 2.50 bits per heavy atom. The fraction of sp³-hybridized carbons (Fsp3) is 0.292. The molecule has 4 aromatic rings. The molecule has 5 rings (SSSR count). The Labute approximate surface area is 221 Å². The van der Waals surface area contributed by atoms with Crippen LogP contribution >= 0.6 is 0 Å². The number of hydrogen-bond acceptors (Lipinski definition) is 8. The van der Waals surface area contributed by atoms with Crippen LogP contribution < -0.4 is 15.4 Å². The summed E-state index contributed by atoms with van der Waals surface area (Å²) in [5.74, 6) is -2.04. The van der Waals surface area contributed by atoms with Crippen LogP contribution in [-0.4, -0.2) is 44.1 Å². The highest BCUT2D eigenvalue weighted by molar-refractivity contribution is 5.91. The van der Waals surface area contributed by atoms with E-state index in [-0.39, 0.29) is 47.5 Å². The summed E-state index contributed by atoms with van der Waals surface area (Å²) in [6.45, 7) is -2.87. The van der Waals surface area contributed by atoms with Crippen molar-refractivity contribution in [3.8, 4) is 17.0 Å². The number of amides is 1. The molecule has 0 atom stereocenters. The van der Waals surface area contributed by atoms with Gasteiger partial charge in [0.1, 0.15) is 16.9 Å². The maximum Gasteiger partial charge on any atom is 0.401 e. The minimum Gasteiger partial charge on any atom is -0.478 e. The Morgan fingerprint density at radius 2 is 1.90 bits per heavy atom. The van der Waals surface area contributed by atoms with Crippen molar-refractivity contribution in [2.75, 3.05) is 17.7 Å². The van der Waals surface area contributed by atoms with Gasteiger partial charge in [-0.05, 0) is 30.0 Å². The van der Waals surface area contributed by atoms with Gasteiger partial charge in [-0.25, -0.2) is 19.0 Å². The first-order valence-electron chi connectivity index (χ1n) is 11.6. The van der Waals surface area contributed by atoms with Gasteiger partial charge in [0.05, 0.1) is 19.7 Å². The lowest BCUT2D eigenvalue weighted by molar-refractivity contribution is -0.165. The zero-order chi connectivity index (χ0) is 28.7. The van der Waals surface area contributed by atoms with Crippen LogP contribution in [0.5, 0.6) is 5.88 Å². The second-order valence-corrected chi connectivity index (χ2v) is 8.92. The summed E-state index contributed by atoms with van der Waals surface area (Å²) in [7, 11) is 1.26. The molecule has 40 heavy (non-hydrogen) atoms. The lowest BCUT2D eigenvalue weighted by Crippen LogP contribution is -2.28. The number of halogens is 6. The highest BCUT2D eigenvalue weighted by atomic mass is 19.4. The predicted octanol–water partition coefficient (Wildman–Crippen LogP) is 5.39. The molecule has 3 aromatic heterocycles. The van der Waals surface area contributed by atoms with Crippen molar-refractivity contribution in [1.82, 2.24) is 24.9 Å². The first-order valence-corrected chi connectivity index (χ1v) is 11.6. The Bertz CT molecular complexity index is 1530. The van der Waals surface area contributed by atoms with Crippen molar-refractivity contribution >= 4 is 23.4 Å². The number of alkyl halides is 5. The number of carbonyl (C=O) groups is 1. The lowest BCUT2D eigenvalue weighted by atomic mass is 10.0. The topological polar surface area (TPSA) is 120 Å². The van der Waals surface area contributed by atoms with Crippen LogP contribution in [0.25, 0.3) is 11.1 Å². The van der Waals surface area contributed by atoms with Crippen LogP contribution in [0.1, 0.15) is 30.7 Å². The number of nitrogens with one attached hydrogen (secondary N) is 2. The molecule has 1 fully saturated rings. The van der Waals surface area contributed by atoms with Gasteiger partial charge in [-0.3, -0.25) is 4.79 Å². The zero-order valence-corrected chi connectivity index (χ0v) is 20.5. The molecule has 1 saturated carbocycles. The number of anilines is 3. The molecule has 0 aliphatic heterocycles. The second-order valence-electron chi connectivity index (χ2n) is 8.92. The number of hydrogen-bond donors (Lipinski definition) is 2. The quantitative estimate of drug-likeness (QED) is 0.259. The minimum atomic E-state index is -4.49. The number of nitrogens with zero attached hydrogens (tertiary/aromatic N) is 5. The normalized spacial score (nSPS) is 14.3. The maximum atomic E-state index is 14.8. The summed E-state index contributed by atoms with van der Waals surface area (Å²) in [5, 5.41) is 12.1. The van der Waals surface area contributed by atoms with Crippen LogP contribution in [0.3, 0.4) is 0 Å². The molecular formula is C24H19F6N7O3. The average Bonchev–Trinajstić information content (AvgIpc) is 3.44. The Kier molecular flexibility index (Phi) is 6.85. The molecule has 210 valence electrons. The van der Waals surface area contributed by atoms with Gasteiger partial charge in [0.2, 0.25) is 11.9 Å². The number of benzene rings is 1. The number of rotatable bonds is 9. The van der Waals surface area contributed by atoms with Crippen molar-refractivity contribution in [1.29, 1.82) is 0 Å². The maximum absolute atomic E-state index is 14.8. The molecule has 2 N–H and O–H groups in total. The van der Waals surface area contributed by atoms with Crippen LogP contribution in [0, 0.1) is 5.82 Å². The minimum absolute atomic E-state index is 0.0289. The van der Waals surface area contributed by atoms with E-state index in [0.717, 1.165) is 12.3 Å². The molecule has 0 unspecified atom stereocenters. The Hall–Kier alpha value is -4.63. The van der Waals surface area contributed by atoms with Crippen LogP contribution in [0.4, 0.5) is 43.8 Å². The molecule has 1 aliphatic carbocycles. The Morgan fingerprint density at radius 1 is 1.18 bits per heavy atom. The third-order valence-corrected chi connectivity index (χ3v) is 6.27. The largest absolute Gasteiger partial charge is 0.478 e. The third kappa shape index (κ3) is 5.28. The standard InChI is InChI=1S/C24H19F6N7O3/c1-39-20-16(11-37(35-20)21(26)27)33-22-31-9-14(10-32-22)12-2-3-13(15(25)6-12)7-19(38)34-18-8-17(40-36-18)23(4-5-23)24(28,29)30/h2-3,6,8-11,21H,4-5,7H2,1H3,(H,31,32,33)(H,34,36,38). The van der Waals surface area contributed by atoms with Crippen molar-refractivity contribution in [3.63, 3.8) is 0 Å². The van der Waals surface area contributed by atoms with E-state index in [4.69, 9.17) is 9.26 Å². The fourth-order valence-corrected chi connectivity index (χ4v) is 3.96.